The third-order valence-corrected chi connectivity index (χ3v) is 2.24. The highest BCUT2D eigenvalue weighted by molar-refractivity contribution is 7.98. The van der Waals surface area contributed by atoms with Crippen LogP contribution in [-0.4, -0.2) is 19.3 Å². The minimum Gasteiger partial charge on any atom is -0.465 e. The number of nitrogens with zero attached hydrogens (tertiary/aromatic N) is 1. The Bertz CT molecular complexity index is 428. The van der Waals surface area contributed by atoms with Crippen LogP contribution in [0.15, 0.2) is 27.2 Å². The lowest BCUT2D eigenvalue weighted by molar-refractivity contribution is -0.135. The number of furan rings is 1. The molecule has 1 heterocycles. The molecule has 1 rings (SSSR count). The number of methoxy groups -OCH3 is 1. The van der Waals surface area contributed by atoms with Crippen molar-refractivity contribution < 1.29 is 13.9 Å². The molecule has 1 aromatic rings. The maximum absolute atomic E-state index is 11.1. The number of hydrogen-bond acceptors (Lipinski definition) is 5. The van der Waals surface area contributed by atoms with Crippen molar-refractivity contribution in [3.8, 4) is 6.07 Å². The van der Waals surface area contributed by atoms with Crippen molar-refractivity contribution in [3.05, 3.63) is 23.5 Å². The van der Waals surface area contributed by atoms with E-state index in [1.165, 1.54) is 24.9 Å². The van der Waals surface area contributed by atoms with Crippen molar-refractivity contribution in [2.24, 2.45) is 0 Å². The Morgan fingerprint density at radius 1 is 1.67 bits per heavy atom. The molecule has 78 valence electrons. The molecular weight excluding hydrogens is 214 g/mol. The van der Waals surface area contributed by atoms with Gasteiger partial charge in [-0.2, -0.15) is 5.26 Å². The van der Waals surface area contributed by atoms with Crippen LogP contribution in [0.5, 0.6) is 0 Å². The monoisotopic (exact) mass is 223 g/mol. The molecule has 0 fully saturated rings. The first-order valence-electron chi connectivity index (χ1n) is 4.05. The minimum atomic E-state index is -0.667. The van der Waals surface area contributed by atoms with Crippen molar-refractivity contribution in [1.82, 2.24) is 0 Å². The molecule has 0 saturated carbocycles. The van der Waals surface area contributed by atoms with Gasteiger partial charge >= 0.3 is 5.97 Å². The highest BCUT2D eigenvalue weighted by Crippen LogP contribution is 2.19. The summed E-state index contributed by atoms with van der Waals surface area (Å²) in [7, 11) is 1.23. The molecule has 0 N–H and O–H groups in total. The molecule has 0 radical (unpaired) electrons. The number of hydrogen-bond donors (Lipinski definition) is 0. The number of carbonyl (C=O) groups excluding carboxylic acids is 1. The summed E-state index contributed by atoms with van der Waals surface area (Å²) >= 11 is 1.44. The highest BCUT2D eigenvalue weighted by atomic mass is 32.2. The van der Waals surface area contributed by atoms with E-state index in [1.54, 1.807) is 18.2 Å². The average Bonchev–Trinajstić information content (AvgIpc) is 2.72. The van der Waals surface area contributed by atoms with Crippen molar-refractivity contribution >= 4 is 23.8 Å². The zero-order chi connectivity index (χ0) is 11.3. The SMILES string of the molecule is COC(=O)/C(C#N)=C/c1ccc(SC)o1. The fraction of sp³-hybridized carbons (Fsp3) is 0.200. The molecule has 0 amide bonds. The molecule has 0 atom stereocenters. The van der Waals surface area contributed by atoms with E-state index in [9.17, 15) is 4.79 Å². The van der Waals surface area contributed by atoms with Gasteiger partial charge in [0.1, 0.15) is 17.4 Å². The van der Waals surface area contributed by atoms with Gasteiger partial charge in [-0.1, -0.05) is 11.8 Å². The van der Waals surface area contributed by atoms with E-state index in [0.717, 1.165) is 5.09 Å². The van der Waals surface area contributed by atoms with Crippen LogP contribution in [0.3, 0.4) is 0 Å². The van der Waals surface area contributed by atoms with Gasteiger partial charge in [-0.15, -0.1) is 0 Å². The zero-order valence-electron chi connectivity index (χ0n) is 8.31. The van der Waals surface area contributed by atoms with E-state index in [2.05, 4.69) is 4.74 Å². The lowest BCUT2D eigenvalue weighted by Crippen LogP contribution is -2.02. The van der Waals surface area contributed by atoms with Gasteiger partial charge in [-0.05, 0) is 18.4 Å². The predicted molar refractivity (Wildman–Crippen MR) is 56.1 cm³/mol. The van der Waals surface area contributed by atoms with Gasteiger partial charge in [0.2, 0.25) is 0 Å². The smallest absolute Gasteiger partial charge is 0.348 e. The number of thioether (sulfide) groups is 1. The van der Waals surface area contributed by atoms with E-state index in [4.69, 9.17) is 9.68 Å². The Morgan fingerprint density at radius 3 is 2.87 bits per heavy atom. The maximum Gasteiger partial charge on any atom is 0.348 e. The second-order valence-electron chi connectivity index (χ2n) is 2.52. The topological polar surface area (TPSA) is 63.2 Å². The molecule has 15 heavy (non-hydrogen) atoms. The van der Waals surface area contributed by atoms with Gasteiger partial charge in [0, 0.05) is 6.08 Å². The number of ether oxygens (including phenoxy) is 1. The molecule has 1 aromatic heterocycles. The summed E-state index contributed by atoms with van der Waals surface area (Å²) in [5.74, 6) is -0.207. The van der Waals surface area contributed by atoms with Crippen molar-refractivity contribution in [1.29, 1.82) is 5.26 Å². The molecule has 0 aliphatic rings. The second-order valence-corrected chi connectivity index (χ2v) is 3.33. The predicted octanol–water partition coefficient (Wildman–Crippen LogP) is 2.08. The van der Waals surface area contributed by atoms with Crippen molar-refractivity contribution in [2.45, 2.75) is 5.09 Å². The molecule has 0 spiro atoms. The largest absolute Gasteiger partial charge is 0.465 e. The molecule has 0 saturated heterocycles. The molecule has 0 aliphatic heterocycles. The summed E-state index contributed by atoms with van der Waals surface area (Å²) in [5.41, 5.74) is -0.0838. The van der Waals surface area contributed by atoms with Crippen LogP contribution in [0.4, 0.5) is 0 Å². The number of rotatable bonds is 3. The summed E-state index contributed by atoms with van der Waals surface area (Å²) in [5, 5.41) is 9.41. The van der Waals surface area contributed by atoms with E-state index in [-0.39, 0.29) is 5.57 Å². The molecule has 5 heteroatoms. The Hall–Kier alpha value is -1.67. The molecule has 0 unspecified atom stereocenters. The normalized spacial score (nSPS) is 10.9. The van der Waals surface area contributed by atoms with Gasteiger partial charge in [-0.25, -0.2) is 4.79 Å². The van der Waals surface area contributed by atoms with Gasteiger partial charge in [0.25, 0.3) is 0 Å². The lowest BCUT2D eigenvalue weighted by atomic mass is 10.2. The third kappa shape index (κ3) is 2.89. The highest BCUT2D eigenvalue weighted by Gasteiger charge is 2.09. The quantitative estimate of drug-likeness (QED) is 0.340. The zero-order valence-corrected chi connectivity index (χ0v) is 9.13. The van der Waals surface area contributed by atoms with Crippen LogP contribution < -0.4 is 0 Å². The second kappa shape index (κ2) is 5.27. The Balaban J connectivity index is 2.94. The van der Waals surface area contributed by atoms with Gasteiger partial charge in [-0.3, -0.25) is 0 Å². The Morgan fingerprint density at radius 2 is 2.40 bits per heavy atom. The summed E-state index contributed by atoms with van der Waals surface area (Å²) in [4.78, 5) is 11.1. The van der Waals surface area contributed by atoms with Crippen LogP contribution in [0.2, 0.25) is 0 Å². The molecular formula is C10H9NO3S. The number of carbonyl (C=O) groups is 1. The minimum absolute atomic E-state index is 0.0838. The summed E-state index contributed by atoms with van der Waals surface area (Å²) in [6, 6.07) is 5.20. The molecule has 0 bridgehead atoms. The van der Waals surface area contributed by atoms with E-state index >= 15 is 0 Å². The van der Waals surface area contributed by atoms with Crippen LogP contribution in [-0.2, 0) is 9.53 Å². The van der Waals surface area contributed by atoms with E-state index in [1.807, 2.05) is 6.26 Å². The third-order valence-electron chi connectivity index (χ3n) is 1.62. The molecule has 0 aromatic carbocycles. The average molecular weight is 223 g/mol. The van der Waals surface area contributed by atoms with Crippen LogP contribution in [0, 0.1) is 11.3 Å². The first kappa shape index (κ1) is 11.4. The van der Waals surface area contributed by atoms with E-state index < -0.39 is 5.97 Å². The molecule has 0 aliphatic carbocycles. The first-order chi connectivity index (χ1) is 7.21. The fourth-order valence-corrected chi connectivity index (χ4v) is 1.29. The number of esters is 1. The van der Waals surface area contributed by atoms with Crippen LogP contribution >= 0.6 is 11.8 Å². The summed E-state index contributed by atoms with van der Waals surface area (Å²) < 4.78 is 9.72. The standard InChI is InChI=1S/C10H9NO3S/c1-13-10(12)7(6-11)5-8-3-4-9(14-8)15-2/h3-5H,1-2H3/b7-5+. The van der Waals surface area contributed by atoms with Crippen molar-refractivity contribution in [3.63, 3.8) is 0 Å². The van der Waals surface area contributed by atoms with Gasteiger partial charge in [0.15, 0.2) is 5.09 Å². The number of nitriles is 1. The molecule has 4 nitrogen and oxygen atoms in total. The first-order valence-corrected chi connectivity index (χ1v) is 5.27. The lowest BCUT2D eigenvalue weighted by Gasteiger charge is -1.94. The fourth-order valence-electron chi connectivity index (χ4n) is 0.911. The van der Waals surface area contributed by atoms with E-state index in [0.29, 0.717) is 5.76 Å². The Labute approximate surface area is 91.5 Å². The Kier molecular flexibility index (Phi) is 4.01. The van der Waals surface area contributed by atoms with Crippen LogP contribution in [0.25, 0.3) is 6.08 Å². The summed E-state index contributed by atoms with van der Waals surface area (Å²) in [6.45, 7) is 0. The van der Waals surface area contributed by atoms with Crippen molar-refractivity contribution in [2.75, 3.05) is 13.4 Å². The van der Waals surface area contributed by atoms with Gasteiger partial charge in [0.05, 0.1) is 7.11 Å². The maximum atomic E-state index is 11.1. The van der Waals surface area contributed by atoms with Crippen LogP contribution in [0.1, 0.15) is 5.76 Å². The van der Waals surface area contributed by atoms with Gasteiger partial charge < -0.3 is 9.15 Å². The summed E-state index contributed by atoms with van der Waals surface area (Å²) in [6.07, 6.45) is 3.23.